The topological polar surface area (TPSA) is 354 Å². The van der Waals surface area contributed by atoms with Crippen LogP contribution in [0.5, 0.6) is 0 Å². The monoisotopic (exact) mass is 884 g/mol. The number of nitrogens with zero attached hydrogens (tertiary/aromatic N) is 1. The number of aliphatic imine (C=N–C) groups is 1. The van der Waals surface area contributed by atoms with Gasteiger partial charge in [0.25, 0.3) is 0 Å². The number of nitrogens with two attached hydrogens (primary N) is 5. The molecule has 17 N–H and O–H groups in total. The SMILES string of the molecule is CSCC[C@H](NC(=O)[C@H](Cc1ccccc1)NC(=O)[C@H](C)NC(=O)[C@H](CO)NC(=O)[C@@H](N)CCCCN)C(=O)N[C@@H](CCCN=C(N)N)C(=O)N[C@@H](Cc1ccccc1)C(N)=O. The third-order valence-corrected chi connectivity index (χ3v) is 10.2. The first kappa shape index (κ1) is 52.4. The summed E-state index contributed by atoms with van der Waals surface area (Å²) in [5.74, 6) is -4.99. The average molecular weight is 885 g/mol. The fourth-order valence-electron chi connectivity index (χ4n) is 6.01. The highest BCUT2D eigenvalue weighted by Gasteiger charge is 2.32. The van der Waals surface area contributed by atoms with Crippen LogP contribution >= 0.6 is 11.8 Å². The number of carbonyl (C=O) groups excluding carboxylic acids is 7. The molecule has 342 valence electrons. The average Bonchev–Trinajstić information content (AvgIpc) is 3.24. The number of amides is 7. The molecule has 0 aromatic heterocycles. The molecule has 0 aliphatic rings. The normalized spacial score (nSPS) is 14.3. The van der Waals surface area contributed by atoms with Gasteiger partial charge in [-0.1, -0.05) is 67.1 Å². The van der Waals surface area contributed by atoms with E-state index < -0.39 is 90.3 Å². The van der Waals surface area contributed by atoms with Crippen LogP contribution in [-0.2, 0) is 46.4 Å². The number of aliphatic hydroxyl groups excluding tert-OH is 1. The van der Waals surface area contributed by atoms with Crippen molar-refractivity contribution < 1.29 is 38.7 Å². The summed E-state index contributed by atoms with van der Waals surface area (Å²) in [6.45, 7) is 1.14. The van der Waals surface area contributed by atoms with Crippen LogP contribution in [0.2, 0.25) is 0 Å². The van der Waals surface area contributed by atoms with E-state index in [9.17, 15) is 38.7 Å². The lowest BCUT2D eigenvalue weighted by Crippen LogP contribution is -2.60. The Kier molecular flexibility index (Phi) is 24.2. The van der Waals surface area contributed by atoms with Crippen LogP contribution in [-0.4, -0.2) is 126 Å². The molecule has 62 heavy (non-hydrogen) atoms. The van der Waals surface area contributed by atoms with Crippen LogP contribution in [0.25, 0.3) is 0 Å². The maximum atomic E-state index is 14.1. The molecule has 7 amide bonds. The van der Waals surface area contributed by atoms with Gasteiger partial charge in [0.15, 0.2) is 5.96 Å². The summed E-state index contributed by atoms with van der Waals surface area (Å²) in [6.07, 6.45) is 3.89. The van der Waals surface area contributed by atoms with Crippen molar-refractivity contribution in [2.75, 3.05) is 31.7 Å². The van der Waals surface area contributed by atoms with Gasteiger partial charge in [0.1, 0.15) is 36.3 Å². The minimum Gasteiger partial charge on any atom is -0.394 e. The van der Waals surface area contributed by atoms with E-state index in [0.29, 0.717) is 37.1 Å². The quantitative estimate of drug-likeness (QED) is 0.0223. The summed E-state index contributed by atoms with van der Waals surface area (Å²) in [5, 5.41) is 25.4. The van der Waals surface area contributed by atoms with E-state index >= 15 is 0 Å². The van der Waals surface area contributed by atoms with E-state index in [0.717, 1.165) is 5.56 Å². The number of primary amides is 1. The molecule has 7 atom stereocenters. The van der Waals surface area contributed by atoms with E-state index in [1.54, 1.807) is 60.7 Å². The van der Waals surface area contributed by atoms with Crippen molar-refractivity contribution in [3.05, 3.63) is 71.8 Å². The van der Waals surface area contributed by atoms with Gasteiger partial charge < -0.3 is 65.7 Å². The second kappa shape index (κ2) is 28.7. The van der Waals surface area contributed by atoms with Gasteiger partial charge in [0.05, 0.1) is 12.6 Å². The van der Waals surface area contributed by atoms with Gasteiger partial charge in [-0.2, -0.15) is 11.8 Å². The van der Waals surface area contributed by atoms with Crippen LogP contribution in [0.15, 0.2) is 65.7 Å². The molecule has 20 nitrogen and oxygen atoms in total. The van der Waals surface area contributed by atoms with Gasteiger partial charge in [0.2, 0.25) is 41.4 Å². The molecule has 2 rings (SSSR count). The highest BCUT2D eigenvalue weighted by atomic mass is 32.2. The van der Waals surface area contributed by atoms with E-state index in [4.69, 9.17) is 28.7 Å². The summed E-state index contributed by atoms with van der Waals surface area (Å²) >= 11 is 1.41. The number of rotatable bonds is 29. The summed E-state index contributed by atoms with van der Waals surface area (Å²) in [6, 6.07) is 9.30. The minimum atomic E-state index is -1.42. The predicted molar refractivity (Wildman–Crippen MR) is 238 cm³/mol. The Hall–Kier alpha value is -5.77. The van der Waals surface area contributed by atoms with Crippen LogP contribution in [0.4, 0.5) is 0 Å². The molecule has 0 saturated heterocycles. The van der Waals surface area contributed by atoms with Gasteiger partial charge in [-0.3, -0.25) is 38.6 Å². The number of hydrogen-bond acceptors (Lipinski definition) is 12. The van der Waals surface area contributed by atoms with Crippen molar-refractivity contribution in [3.63, 3.8) is 0 Å². The third kappa shape index (κ3) is 19.7. The van der Waals surface area contributed by atoms with Crippen molar-refractivity contribution in [2.45, 2.75) is 101 Å². The van der Waals surface area contributed by atoms with E-state index in [-0.39, 0.29) is 44.6 Å². The molecule has 0 unspecified atom stereocenters. The molecule has 0 heterocycles. The van der Waals surface area contributed by atoms with Gasteiger partial charge in [-0.25, -0.2) is 0 Å². The zero-order chi connectivity index (χ0) is 46.0. The number of guanidine groups is 1. The van der Waals surface area contributed by atoms with Gasteiger partial charge >= 0.3 is 0 Å². The molecule has 0 aliphatic heterocycles. The summed E-state index contributed by atoms with van der Waals surface area (Å²) in [7, 11) is 0. The molecule has 0 saturated carbocycles. The first-order valence-corrected chi connectivity index (χ1v) is 21.8. The molecule has 2 aromatic carbocycles. The fourth-order valence-corrected chi connectivity index (χ4v) is 6.49. The number of carbonyl (C=O) groups is 7. The van der Waals surface area contributed by atoms with Gasteiger partial charge in [-0.15, -0.1) is 0 Å². The zero-order valence-electron chi connectivity index (χ0n) is 35.3. The maximum Gasteiger partial charge on any atom is 0.245 e. The van der Waals surface area contributed by atoms with Crippen molar-refractivity contribution in [2.24, 2.45) is 33.7 Å². The zero-order valence-corrected chi connectivity index (χ0v) is 36.2. The Balaban J connectivity index is 2.28. The molecular formula is C41H64N12O8S. The molecule has 0 fully saturated rings. The Morgan fingerprint density at radius 3 is 1.61 bits per heavy atom. The Morgan fingerprint density at radius 2 is 1.10 bits per heavy atom. The van der Waals surface area contributed by atoms with Crippen molar-refractivity contribution in [3.8, 4) is 0 Å². The molecule has 21 heteroatoms. The fraction of sp³-hybridized carbons (Fsp3) is 0.512. The van der Waals surface area contributed by atoms with Crippen LogP contribution in [0, 0.1) is 0 Å². The van der Waals surface area contributed by atoms with Crippen LogP contribution < -0.4 is 60.6 Å². The van der Waals surface area contributed by atoms with E-state index in [2.05, 4.69) is 36.9 Å². The Bertz CT molecular complexity index is 1770. The number of benzene rings is 2. The largest absolute Gasteiger partial charge is 0.394 e. The Morgan fingerprint density at radius 1 is 0.613 bits per heavy atom. The van der Waals surface area contributed by atoms with E-state index in [1.807, 2.05) is 6.26 Å². The Labute approximate surface area is 366 Å². The molecule has 2 aromatic rings. The lowest BCUT2D eigenvalue weighted by molar-refractivity contribution is -0.135. The predicted octanol–water partition coefficient (Wildman–Crippen LogP) is -2.86. The lowest BCUT2D eigenvalue weighted by Gasteiger charge is -2.27. The van der Waals surface area contributed by atoms with Gasteiger partial charge in [0, 0.05) is 19.4 Å². The van der Waals surface area contributed by atoms with Gasteiger partial charge in [-0.05, 0) is 68.7 Å². The molecule has 0 bridgehead atoms. The molecule has 0 aliphatic carbocycles. The number of unbranched alkanes of at least 4 members (excludes halogenated alkanes) is 1. The first-order chi connectivity index (χ1) is 29.6. The molecule has 0 spiro atoms. The summed E-state index contributed by atoms with van der Waals surface area (Å²) in [5.41, 5.74) is 29.4. The van der Waals surface area contributed by atoms with Crippen molar-refractivity contribution in [1.82, 2.24) is 31.9 Å². The highest BCUT2D eigenvalue weighted by molar-refractivity contribution is 7.98. The second-order valence-corrected chi connectivity index (χ2v) is 15.6. The van der Waals surface area contributed by atoms with Crippen LogP contribution in [0.1, 0.15) is 56.6 Å². The third-order valence-electron chi connectivity index (χ3n) is 9.55. The maximum absolute atomic E-state index is 14.1. The number of aliphatic hydroxyl groups is 1. The first-order valence-electron chi connectivity index (χ1n) is 20.4. The van der Waals surface area contributed by atoms with Crippen molar-refractivity contribution >= 4 is 59.1 Å². The van der Waals surface area contributed by atoms with E-state index in [1.165, 1.54) is 18.7 Å². The number of thioether (sulfide) groups is 1. The summed E-state index contributed by atoms with van der Waals surface area (Å²) < 4.78 is 0. The molecule has 0 radical (unpaired) electrons. The second-order valence-electron chi connectivity index (χ2n) is 14.6. The number of hydrogen-bond donors (Lipinski definition) is 12. The highest BCUT2D eigenvalue weighted by Crippen LogP contribution is 2.10. The summed E-state index contributed by atoms with van der Waals surface area (Å²) in [4.78, 5) is 97.3. The van der Waals surface area contributed by atoms with Crippen molar-refractivity contribution in [1.29, 1.82) is 0 Å². The number of nitrogens with one attached hydrogen (secondary N) is 6. The lowest BCUT2D eigenvalue weighted by atomic mass is 10.0. The standard InChI is InChI=1S/C41H64N12O8S/c1-25(48-40(61)33(24-54)53-36(57)28(43)16-9-10-19-42)35(56)52-32(23-27-14-7-4-8-15-27)39(60)50-30(18-21-62-2)38(59)49-29(17-11-20-47-41(45)46)37(58)51-31(34(44)55)22-26-12-5-3-6-13-26/h3-8,12-15,25,28-33,54H,9-11,16-24,42-43H2,1-2H3,(H2,44,55)(H,48,61)(H,49,59)(H,50,60)(H,51,58)(H,52,56)(H,53,57)(H4,45,46,47)/t25-,28-,29-,30-,31-,32-,33-/m0/s1. The smallest absolute Gasteiger partial charge is 0.245 e. The van der Waals surface area contributed by atoms with Crippen LogP contribution in [0.3, 0.4) is 0 Å². The minimum absolute atomic E-state index is 0.0148. The molecular weight excluding hydrogens is 821 g/mol.